The van der Waals surface area contributed by atoms with Crippen molar-refractivity contribution in [1.29, 1.82) is 0 Å². The highest BCUT2D eigenvalue weighted by Crippen LogP contribution is 2.22. The highest BCUT2D eigenvalue weighted by atomic mass is 16.6. The lowest BCUT2D eigenvalue weighted by Crippen LogP contribution is -2.34. The maximum absolute atomic E-state index is 12.0. The van der Waals surface area contributed by atoms with E-state index in [1.807, 2.05) is 36.6 Å². The van der Waals surface area contributed by atoms with Crippen LogP contribution in [0.2, 0.25) is 0 Å². The van der Waals surface area contributed by atoms with Crippen LogP contribution in [0.3, 0.4) is 0 Å². The molecule has 0 fully saturated rings. The first-order chi connectivity index (χ1) is 13.3. The number of rotatable bonds is 7. The quantitative estimate of drug-likeness (QED) is 0.555. The Hall–Kier alpha value is -3.16. The van der Waals surface area contributed by atoms with Gasteiger partial charge in [0.25, 0.3) is 0 Å². The minimum atomic E-state index is -0.435. The Balaban J connectivity index is 1.93. The predicted octanol–water partition coefficient (Wildman–Crippen LogP) is 3.95. The van der Waals surface area contributed by atoms with Gasteiger partial charge < -0.3 is 14.7 Å². The number of nitrogens with zero attached hydrogens (tertiary/aromatic N) is 1. The first-order valence-corrected chi connectivity index (χ1v) is 9.28. The lowest BCUT2D eigenvalue weighted by Gasteiger charge is -2.32. The molecule has 0 aromatic heterocycles. The third-order valence-electron chi connectivity index (χ3n) is 4.42. The molecule has 1 aliphatic rings. The van der Waals surface area contributed by atoms with Gasteiger partial charge in [-0.1, -0.05) is 79.4 Å². The molecular formula is C24H24NO2-. The molecule has 138 valence electrons. The zero-order valence-corrected chi connectivity index (χ0v) is 15.5. The van der Waals surface area contributed by atoms with Crippen molar-refractivity contribution in [2.75, 3.05) is 6.61 Å². The molecule has 0 amide bonds. The molecule has 0 N–H and O–H groups in total. The summed E-state index contributed by atoms with van der Waals surface area (Å²) in [5, 5.41) is 12.0. The average Bonchev–Trinajstić information content (AvgIpc) is 2.70. The third kappa shape index (κ3) is 5.40. The monoisotopic (exact) mass is 358 g/mol. The molecule has 2 aromatic rings. The van der Waals surface area contributed by atoms with Crippen LogP contribution in [0, 0.1) is 0 Å². The molecular weight excluding hydrogens is 334 g/mol. The second kappa shape index (κ2) is 9.51. The van der Waals surface area contributed by atoms with E-state index >= 15 is 0 Å². The van der Waals surface area contributed by atoms with Crippen molar-refractivity contribution >= 4 is 0 Å². The number of allylic oxidation sites excluding steroid dienone is 3. The summed E-state index contributed by atoms with van der Waals surface area (Å²) >= 11 is 0. The van der Waals surface area contributed by atoms with Crippen molar-refractivity contribution in [2.45, 2.75) is 25.8 Å². The Labute approximate surface area is 161 Å². The van der Waals surface area contributed by atoms with Crippen molar-refractivity contribution in [1.82, 2.24) is 4.90 Å². The van der Waals surface area contributed by atoms with E-state index in [0.29, 0.717) is 6.61 Å². The minimum Gasteiger partial charge on any atom is -0.608 e. The number of benzene rings is 2. The van der Waals surface area contributed by atoms with Gasteiger partial charge in [0.05, 0.1) is 11.6 Å². The highest BCUT2D eigenvalue weighted by Gasteiger charge is 2.20. The van der Waals surface area contributed by atoms with Crippen molar-refractivity contribution in [3.63, 3.8) is 0 Å². The molecule has 0 aliphatic carbocycles. The molecule has 0 unspecified atom stereocenters. The van der Waals surface area contributed by atoms with Gasteiger partial charge in [-0.3, -0.25) is 0 Å². The van der Waals surface area contributed by atoms with Gasteiger partial charge in [0.15, 0.2) is 0 Å². The molecule has 0 radical (unpaired) electrons. The summed E-state index contributed by atoms with van der Waals surface area (Å²) in [5.41, 5.74) is 6.12. The lowest BCUT2D eigenvalue weighted by atomic mass is 9.97. The predicted molar refractivity (Wildman–Crippen MR) is 106 cm³/mol. The molecule has 0 atom stereocenters. The smallest absolute Gasteiger partial charge is 0.0986 e. The second-order valence-electron chi connectivity index (χ2n) is 6.37. The third-order valence-corrected chi connectivity index (χ3v) is 4.42. The van der Waals surface area contributed by atoms with Crippen LogP contribution in [0.15, 0.2) is 102 Å². The topological polar surface area (TPSA) is 35.5 Å². The van der Waals surface area contributed by atoms with Gasteiger partial charge >= 0.3 is 0 Å². The lowest BCUT2D eigenvalue weighted by molar-refractivity contribution is -0.356. The van der Waals surface area contributed by atoms with Gasteiger partial charge in [-0.05, 0) is 42.7 Å². The molecule has 1 heterocycles. The minimum absolute atomic E-state index is 0.160. The molecule has 2 aromatic carbocycles. The SMILES string of the molecule is CCOC([O-])=C=C1C=CC=CN1C(Cc1ccccc1)Cc1ccccc1. The van der Waals surface area contributed by atoms with Gasteiger partial charge in [0.1, 0.15) is 0 Å². The van der Waals surface area contributed by atoms with Crippen LogP contribution in [0.5, 0.6) is 0 Å². The van der Waals surface area contributed by atoms with Crippen molar-refractivity contribution < 1.29 is 9.84 Å². The number of ether oxygens (including phenoxy) is 1. The van der Waals surface area contributed by atoms with Crippen LogP contribution in [0.25, 0.3) is 0 Å². The highest BCUT2D eigenvalue weighted by molar-refractivity contribution is 5.30. The average molecular weight is 358 g/mol. The van der Waals surface area contributed by atoms with Crippen LogP contribution in [-0.4, -0.2) is 17.5 Å². The van der Waals surface area contributed by atoms with Gasteiger partial charge in [-0.25, -0.2) is 0 Å². The van der Waals surface area contributed by atoms with E-state index in [1.165, 1.54) is 11.1 Å². The van der Waals surface area contributed by atoms with Crippen LogP contribution < -0.4 is 5.11 Å². The molecule has 0 bridgehead atoms. The van der Waals surface area contributed by atoms with Gasteiger partial charge in [0.2, 0.25) is 0 Å². The Bertz CT molecular complexity index is 805. The molecule has 1 aliphatic heterocycles. The Morgan fingerprint density at radius 3 is 2.11 bits per heavy atom. The van der Waals surface area contributed by atoms with E-state index in [9.17, 15) is 5.11 Å². The van der Waals surface area contributed by atoms with E-state index in [0.717, 1.165) is 18.5 Å². The molecule has 0 saturated carbocycles. The fourth-order valence-electron chi connectivity index (χ4n) is 3.19. The van der Waals surface area contributed by atoms with E-state index in [4.69, 9.17) is 4.74 Å². The van der Waals surface area contributed by atoms with Crippen LogP contribution >= 0.6 is 0 Å². The fourth-order valence-corrected chi connectivity index (χ4v) is 3.19. The zero-order valence-electron chi connectivity index (χ0n) is 15.5. The maximum Gasteiger partial charge on any atom is 0.0986 e. The molecule has 3 rings (SSSR count). The first-order valence-electron chi connectivity index (χ1n) is 9.28. The Morgan fingerprint density at radius 1 is 0.963 bits per heavy atom. The number of hydrogen-bond acceptors (Lipinski definition) is 3. The summed E-state index contributed by atoms with van der Waals surface area (Å²) in [7, 11) is 0. The molecule has 0 spiro atoms. The second-order valence-corrected chi connectivity index (χ2v) is 6.37. The van der Waals surface area contributed by atoms with Crippen molar-refractivity contribution in [3.8, 4) is 0 Å². The van der Waals surface area contributed by atoms with E-state index in [2.05, 4.69) is 59.2 Å². The van der Waals surface area contributed by atoms with Crippen molar-refractivity contribution in [3.05, 3.63) is 114 Å². The van der Waals surface area contributed by atoms with Crippen molar-refractivity contribution in [2.24, 2.45) is 0 Å². The molecule has 0 saturated heterocycles. The Kier molecular flexibility index (Phi) is 6.56. The number of hydrogen-bond donors (Lipinski definition) is 0. The van der Waals surface area contributed by atoms with E-state index < -0.39 is 5.95 Å². The summed E-state index contributed by atoms with van der Waals surface area (Å²) in [6, 6.07) is 21.0. The van der Waals surface area contributed by atoms with Crippen LogP contribution in [0.4, 0.5) is 0 Å². The maximum atomic E-state index is 12.0. The summed E-state index contributed by atoms with van der Waals surface area (Å²) in [6.07, 6.45) is 9.54. The van der Waals surface area contributed by atoms with Gasteiger partial charge in [-0.15, -0.1) is 0 Å². The molecule has 27 heavy (non-hydrogen) atoms. The largest absolute Gasteiger partial charge is 0.608 e. The summed E-state index contributed by atoms with van der Waals surface area (Å²) < 4.78 is 5.05. The molecule has 3 heteroatoms. The fraction of sp³-hybridized carbons (Fsp3) is 0.208. The van der Waals surface area contributed by atoms with Gasteiger partial charge in [0, 0.05) is 12.2 Å². The Morgan fingerprint density at radius 2 is 1.56 bits per heavy atom. The summed E-state index contributed by atoms with van der Waals surface area (Å²) in [5.74, 6) is -0.435. The van der Waals surface area contributed by atoms with Gasteiger partial charge in [-0.2, -0.15) is 0 Å². The normalized spacial score (nSPS) is 13.0. The zero-order chi connectivity index (χ0) is 18.9. The summed E-state index contributed by atoms with van der Waals surface area (Å²) in [6.45, 7) is 2.14. The van der Waals surface area contributed by atoms with E-state index in [1.54, 1.807) is 6.92 Å². The van der Waals surface area contributed by atoms with Crippen LogP contribution in [-0.2, 0) is 17.6 Å². The van der Waals surface area contributed by atoms with E-state index in [-0.39, 0.29) is 6.04 Å². The summed E-state index contributed by atoms with van der Waals surface area (Å²) in [4.78, 5) is 2.12. The van der Waals surface area contributed by atoms with Crippen LogP contribution in [0.1, 0.15) is 18.1 Å². The molecule has 3 nitrogen and oxygen atoms in total. The standard InChI is InChI=1S/C24H25NO2/c1-2-27-24(26)19-22-15-9-10-16-25(22)23(17-20-11-5-3-6-12-20)18-21-13-7-4-8-14-21/h3-16,23,26H,2,17-18H2,1H3/p-1. The first kappa shape index (κ1) is 18.6.